The van der Waals surface area contributed by atoms with E-state index in [0.29, 0.717) is 12.2 Å². The third-order valence-electron chi connectivity index (χ3n) is 3.73. The van der Waals surface area contributed by atoms with Crippen molar-refractivity contribution in [2.75, 3.05) is 13.1 Å². The van der Waals surface area contributed by atoms with Crippen LogP contribution in [0.1, 0.15) is 17.7 Å². The second kappa shape index (κ2) is 5.73. The summed E-state index contributed by atoms with van der Waals surface area (Å²) in [7, 11) is 0. The van der Waals surface area contributed by atoms with Gasteiger partial charge < -0.3 is 5.11 Å². The second-order valence-electron chi connectivity index (χ2n) is 5.49. The minimum Gasteiger partial charge on any atom is -0.392 e. The molecular formula is C15H16F3N3O. The number of nitrogens with zero attached hydrogens (tertiary/aromatic N) is 3. The van der Waals surface area contributed by atoms with Crippen molar-refractivity contribution in [3.05, 3.63) is 47.8 Å². The van der Waals surface area contributed by atoms with Crippen LogP contribution in [0.2, 0.25) is 0 Å². The summed E-state index contributed by atoms with van der Waals surface area (Å²) in [6, 6.07) is 8.19. The highest BCUT2D eigenvalue weighted by molar-refractivity contribution is 5.34. The van der Waals surface area contributed by atoms with Crippen LogP contribution in [0.5, 0.6) is 0 Å². The van der Waals surface area contributed by atoms with Crippen LogP contribution >= 0.6 is 0 Å². The van der Waals surface area contributed by atoms with Gasteiger partial charge in [0, 0.05) is 25.8 Å². The van der Waals surface area contributed by atoms with Crippen LogP contribution in [0, 0.1) is 0 Å². The molecule has 2 heterocycles. The minimum atomic E-state index is -4.43. The van der Waals surface area contributed by atoms with E-state index in [1.807, 2.05) is 12.1 Å². The second-order valence-corrected chi connectivity index (χ2v) is 5.49. The summed E-state index contributed by atoms with van der Waals surface area (Å²) in [6.45, 7) is 2.25. The Morgan fingerprint density at radius 3 is 2.45 bits per heavy atom. The van der Waals surface area contributed by atoms with Gasteiger partial charge in [0.15, 0.2) is 5.69 Å². The number of hydrogen-bond acceptors (Lipinski definition) is 3. The molecule has 118 valence electrons. The number of aliphatic hydroxyl groups excluding tert-OH is 1. The summed E-state index contributed by atoms with van der Waals surface area (Å²) >= 11 is 0. The summed E-state index contributed by atoms with van der Waals surface area (Å²) < 4.78 is 38.8. The first-order chi connectivity index (χ1) is 10.4. The van der Waals surface area contributed by atoms with Crippen molar-refractivity contribution in [3.8, 4) is 5.69 Å². The van der Waals surface area contributed by atoms with Crippen LogP contribution < -0.4 is 0 Å². The topological polar surface area (TPSA) is 41.3 Å². The minimum absolute atomic E-state index is 0.260. The number of alkyl halides is 3. The number of aliphatic hydroxyl groups is 1. The molecule has 22 heavy (non-hydrogen) atoms. The number of aromatic nitrogens is 2. The molecule has 1 aliphatic heterocycles. The molecule has 1 N–H and O–H groups in total. The molecule has 1 aliphatic rings. The van der Waals surface area contributed by atoms with Crippen molar-refractivity contribution in [3.63, 3.8) is 0 Å². The molecule has 4 nitrogen and oxygen atoms in total. The lowest BCUT2D eigenvalue weighted by molar-refractivity contribution is -0.141. The summed E-state index contributed by atoms with van der Waals surface area (Å²) in [5.41, 5.74) is 0.740. The molecule has 0 bridgehead atoms. The Kier molecular flexibility index (Phi) is 3.92. The standard InChI is InChI=1S/C15H16F3N3O/c16-15(17,18)14-6-8-21(19-14)12-3-1-11(2-4-12)9-20-7-5-13(22)10-20/h1-4,6,8,13,22H,5,7,9-10H2/t13-/m1/s1. The van der Waals surface area contributed by atoms with Gasteiger partial charge in [0.25, 0.3) is 0 Å². The number of halogens is 3. The molecule has 1 aromatic carbocycles. The molecule has 0 saturated carbocycles. The maximum absolute atomic E-state index is 12.5. The summed E-state index contributed by atoms with van der Waals surface area (Å²) in [5.74, 6) is 0. The van der Waals surface area contributed by atoms with Crippen LogP contribution in [0.3, 0.4) is 0 Å². The number of hydrogen-bond donors (Lipinski definition) is 1. The molecule has 7 heteroatoms. The lowest BCUT2D eigenvalue weighted by Crippen LogP contribution is -2.21. The third kappa shape index (κ3) is 3.31. The van der Waals surface area contributed by atoms with E-state index in [4.69, 9.17) is 0 Å². The van der Waals surface area contributed by atoms with Crippen LogP contribution in [-0.4, -0.2) is 39.0 Å². The Morgan fingerprint density at radius 1 is 1.18 bits per heavy atom. The van der Waals surface area contributed by atoms with Gasteiger partial charge in [0.1, 0.15) is 0 Å². The van der Waals surface area contributed by atoms with Gasteiger partial charge in [-0.1, -0.05) is 12.1 Å². The molecular weight excluding hydrogens is 295 g/mol. The Hall–Kier alpha value is -1.86. The summed E-state index contributed by atoms with van der Waals surface area (Å²) in [5, 5.41) is 13.0. The molecule has 1 saturated heterocycles. The van der Waals surface area contributed by atoms with Gasteiger partial charge in [-0.3, -0.25) is 4.90 Å². The fourth-order valence-corrected chi connectivity index (χ4v) is 2.59. The third-order valence-corrected chi connectivity index (χ3v) is 3.73. The molecule has 0 unspecified atom stereocenters. The first-order valence-corrected chi connectivity index (χ1v) is 7.04. The van der Waals surface area contributed by atoms with Crippen LogP contribution in [0.4, 0.5) is 13.2 Å². The van der Waals surface area contributed by atoms with E-state index in [2.05, 4.69) is 10.00 Å². The van der Waals surface area contributed by atoms with Gasteiger partial charge in [-0.25, -0.2) is 4.68 Å². The molecule has 0 amide bonds. The molecule has 1 aromatic heterocycles. The molecule has 1 fully saturated rings. The Bertz CT molecular complexity index is 636. The highest BCUT2D eigenvalue weighted by Crippen LogP contribution is 2.27. The Labute approximate surface area is 125 Å². The normalized spacial score (nSPS) is 19.7. The van der Waals surface area contributed by atoms with E-state index in [0.717, 1.165) is 31.1 Å². The monoisotopic (exact) mass is 311 g/mol. The van der Waals surface area contributed by atoms with E-state index >= 15 is 0 Å². The SMILES string of the molecule is O[C@@H]1CCN(Cc2ccc(-n3ccc(C(F)(F)F)n3)cc2)C1. The zero-order chi connectivity index (χ0) is 15.7. The maximum atomic E-state index is 12.5. The Balaban J connectivity index is 1.70. The number of rotatable bonds is 3. The maximum Gasteiger partial charge on any atom is 0.435 e. The van der Waals surface area contributed by atoms with Gasteiger partial charge in [0.05, 0.1) is 11.8 Å². The largest absolute Gasteiger partial charge is 0.435 e. The summed E-state index contributed by atoms with van der Waals surface area (Å²) in [4.78, 5) is 2.15. The first-order valence-electron chi connectivity index (χ1n) is 7.04. The highest BCUT2D eigenvalue weighted by Gasteiger charge is 2.33. The fraction of sp³-hybridized carbons (Fsp3) is 0.400. The van der Waals surface area contributed by atoms with Gasteiger partial charge >= 0.3 is 6.18 Å². The van der Waals surface area contributed by atoms with Crippen molar-refractivity contribution in [2.45, 2.75) is 25.2 Å². The van der Waals surface area contributed by atoms with Crippen molar-refractivity contribution in [1.29, 1.82) is 0 Å². The molecule has 3 rings (SSSR count). The lowest BCUT2D eigenvalue weighted by atomic mass is 10.2. The number of benzene rings is 1. The lowest BCUT2D eigenvalue weighted by Gasteiger charge is -2.15. The summed E-state index contributed by atoms with van der Waals surface area (Å²) in [6.07, 6.45) is -2.61. The highest BCUT2D eigenvalue weighted by atomic mass is 19.4. The van der Waals surface area contributed by atoms with Gasteiger partial charge in [0.2, 0.25) is 0 Å². The van der Waals surface area contributed by atoms with Gasteiger partial charge in [-0.05, 0) is 30.2 Å². The van der Waals surface area contributed by atoms with Crippen molar-refractivity contribution in [1.82, 2.24) is 14.7 Å². The predicted octanol–water partition coefficient (Wildman–Crippen LogP) is 2.46. The van der Waals surface area contributed by atoms with E-state index in [-0.39, 0.29) is 6.10 Å². The molecule has 0 aliphatic carbocycles. The zero-order valence-corrected chi connectivity index (χ0v) is 11.8. The van der Waals surface area contributed by atoms with E-state index in [9.17, 15) is 18.3 Å². The van der Waals surface area contributed by atoms with E-state index < -0.39 is 11.9 Å². The molecule has 1 atom stereocenters. The van der Waals surface area contributed by atoms with Crippen LogP contribution in [0.15, 0.2) is 36.5 Å². The molecule has 0 radical (unpaired) electrons. The first kappa shape index (κ1) is 15.1. The average Bonchev–Trinajstić information content (AvgIpc) is 3.08. The average molecular weight is 311 g/mol. The van der Waals surface area contributed by atoms with Gasteiger partial charge in [-0.15, -0.1) is 0 Å². The Morgan fingerprint density at radius 2 is 1.91 bits per heavy atom. The van der Waals surface area contributed by atoms with E-state index in [1.165, 1.54) is 10.9 Å². The smallest absolute Gasteiger partial charge is 0.392 e. The predicted molar refractivity (Wildman–Crippen MR) is 74.5 cm³/mol. The van der Waals surface area contributed by atoms with E-state index in [1.54, 1.807) is 12.1 Å². The van der Waals surface area contributed by atoms with Crippen LogP contribution in [-0.2, 0) is 12.7 Å². The molecule has 2 aromatic rings. The van der Waals surface area contributed by atoms with Gasteiger partial charge in [-0.2, -0.15) is 18.3 Å². The number of likely N-dealkylation sites (tertiary alicyclic amines) is 1. The van der Waals surface area contributed by atoms with Crippen molar-refractivity contribution >= 4 is 0 Å². The quantitative estimate of drug-likeness (QED) is 0.947. The van der Waals surface area contributed by atoms with Crippen LogP contribution in [0.25, 0.3) is 5.69 Å². The molecule has 0 spiro atoms. The van der Waals surface area contributed by atoms with Crippen molar-refractivity contribution < 1.29 is 18.3 Å². The fourth-order valence-electron chi connectivity index (χ4n) is 2.59. The van der Waals surface area contributed by atoms with Crippen molar-refractivity contribution in [2.24, 2.45) is 0 Å². The number of β-amino-alcohol motifs (C(OH)–C–C–N with tert-alkyl or cyclic N) is 1. The zero-order valence-electron chi connectivity index (χ0n) is 11.8.